The van der Waals surface area contributed by atoms with E-state index in [9.17, 15) is 4.39 Å². The topological polar surface area (TPSA) is 21.3 Å². The van der Waals surface area contributed by atoms with Crippen LogP contribution in [-0.2, 0) is 11.2 Å². The van der Waals surface area contributed by atoms with Gasteiger partial charge < -0.3 is 10.1 Å². The summed E-state index contributed by atoms with van der Waals surface area (Å²) in [5.74, 6) is -0.107. The summed E-state index contributed by atoms with van der Waals surface area (Å²) in [6.45, 7) is 8.09. The number of halogens is 1. The summed E-state index contributed by atoms with van der Waals surface area (Å²) < 4.78 is 19.2. The predicted molar refractivity (Wildman–Crippen MR) is 75.7 cm³/mol. The van der Waals surface area contributed by atoms with Crippen LogP contribution in [0.15, 0.2) is 24.3 Å². The molecule has 3 heteroatoms. The second-order valence-corrected chi connectivity index (χ2v) is 5.85. The van der Waals surface area contributed by atoms with Crippen molar-refractivity contribution in [3.63, 3.8) is 0 Å². The Morgan fingerprint density at radius 2 is 2.11 bits per heavy atom. The van der Waals surface area contributed by atoms with Gasteiger partial charge in [-0.1, -0.05) is 32.0 Å². The number of benzene rings is 1. The molecule has 0 aliphatic heterocycles. The summed E-state index contributed by atoms with van der Waals surface area (Å²) in [4.78, 5) is 0. The summed E-state index contributed by atoms with van der Waals surface area (Å²) in [6, 6.07) is 7.46. The van der Waals surface area contributed by atoms with Gasteiger partial charge in [-0.3, -0.25) is 0 Å². The quantitative estimate of drug-likeness (QED) is 0.853. The molecule has 0 aromatic heterocycles. The third kappa shape index (κ3) is 3.15. The molecule has 1 N–H and O–H groups in total. The molecule has 2 atom stereocenters. The van der Waals surface area contributed by atoms with Crippen LogP contribution in [0.3, 0.4) is 0 Å². The summed E-state index contributed by atoms with van der Waals surface area (Å²) in [5.41, 5.74) is 0.958. The van der Waals surface area contributed by atoms with Gasteiger partial charge in [0.15, 0.2) is 0 Å². The Balaban J connectivity index is 1.77. The Bertz CT molecular complexity index is 419. The average molecular weight is 265 g/mol. The van der Waals surface area contributed by atoms with Crippen LogP contribution in [-0.4, -0.2) is 25.3 Å². The van der Waals surface area contributed by atoms with Crippen molar-refractivity contribution in [1.82, 2.24) is 5.32 Å². The van der Waals surface area contributed by atoms with Crippen molar-refractivity contribution in [3.05, 3.63) is 35.6 Å². The van der Waals surface area contributed by atoms with Gasteiger partial charge in [-0.15, -0.1) is 0 Å². The van der Waals surface area contributed by atoms with Crippen molar-refractivity contribution in [1.29, 1.82) is 0 Å². The van der Waals surface area contributed by atoms with E-state index in [0.717, 1.165) is 31.6 Å². The van der Waals surface area contributed by atoms with E-state index in [1.54, 1.807) is 6.07 Å². The molecule has 1 aliphatic rings. The van der Waals surface area contributed by atoms with Crippen molar-refractivity contribution < 1.29 is 9.13 Å². The van der Waals surface area contributed by atoms with Crippen LogP contribution in [0.4, 0.5) is 4.39 Å². The van der Waals surface area contributed by atoms with Crippen molar-refractivity contribution >= 4 is 0 Å². The van der Waals surface area contributed by atoms with Gasteiger partial charge in [0.2, 0.25) is 0 Å². The SMILES string of the molecule is CCOC1CC(NCCc2ccccc2F)C1(C)C. The Hall–Kier alpha value is -0.930. The van der Waals surface area contributed by atoms with Crippen LogP contribution >= 0.6 is 0 Å². The highest BCUT2D eigenvalue weighted by Gasteiger charge is 2.48. The second kappa shape index (κ2) is 6.02. The molecule has 0 amide bonds. The maximum Gasteiger partial charge on any atom is 0.126 e. The molecular formula is C16H24FNO. The molecule has 2 nitrogen and oxygen atoms in total. The summed E-state index contributed by atoms with van der Waals surface area (Å²) in [6.07, 6.45) is 2.14. The molecule has 19 heavy (non-hydrogen) atoms. The molecule has 0 radical (unpaired) electrons. The van der Waals surface area contributed by atoms with Crippen LogP contribution < -0.4 is 5.32 Å². The lowest BCUT2D eigenvalue weighted by Gasteiger charge is -2.52. The molecule has 2 rings (SSSR count). The molecule has 106 valence electrons. The fraction of sp³-hybridized carbons (Fsp3) is 0.625. The standard InChI is InChI=1S/C16H24FNO/c1-4-19-15-11-14(16(15,2)3)18-10-9-12-7-5-6-8-13(12)17/h5-8,14-15,18H,4,9-11H2,1-3H3. The molecule has 0 heterocycles. The second-order valence-electron chi connectivity index (χ2n) is 5.85. The van der Waals surface area contributed by atoms with Crippen LogP contribution in [0.25, 0.3) is 0 Å². The molecule has 1 fully saturated rings. The zero-order valence-electron chi connectivity index (χ0n) is 12.1. The minimum absolute atomic E-state index is 0.107. The Morgan fingerprint density at radius 1 is 1.37 bits per heavy atom. The molecule has 1 aromatic carbocycles. The monoisotopic (exact) mass is 265 g/mol. The van der Waals surface area contributed by atoms with Crippen molar-refractivity contribution in [2.24, 2.45) is 5.41 Å². The lowest BCUT2D eigenvalue weighted by atomic mass is 9.64. The van der Waals surface area contributed by atoms with Gasteiger partial charge in [-0.2, -0.15) is 0 Å². The molecular weight excluding hydrogens is 241 g/mol. The normalized spacial score (nSPS) is 25.1. The van der Waals surface area contributed by atoms with E-state index >= 15 is 0 Å². The molecule has 2 unspecified atom stereocenters. The van der Waals surface area contributed by atoms with E-state index in [0.29, 0.717) is 12.1 Å². The maximum atomic E-state index is 13.5. The minimum Gasteiger partial charge on any atom is -0.378 e. The molecule has 1 aliphatic carbocycles. The molecule has 0 bridgehead atoms. The number of rotatable bonds is 6. The predicted octanol–water partition coefficient (Wildman–Crippen LogP) is 3.16. The first-order valence-corrected chi connectivity index (χ1v) is 7.14. The van der Waals surface area contributed by atoms with E-state index in [1.807, 2.05) is 19.1 Å². The maximum absolute atomic E-state index is 13.5. The highest BCUT2D eigenvalue weighted by Crippen LogP contribution is 2.42. The summed E-state index contributed by atoms with van der Waals surface area (Å²) >= 11 is 0. The van der Waals surface area contributed by atoms with Gasteiger partial charge in [0.05, 0.1) is 6.10 Å². The Morgan fingerprint density at radius 3 is 2.74 bits per heavy atom. The van der Waals surface area contributed by atoms with Crippen molar-refractivity contribution in [2.75, 3.05) is 13.2 Å². The highest BCUT2D eigenvalue weighted by atomic mass is 19.1. The number of nitrogens with one attached hydrogen (secondary N) is 1. The first-order valence-electron chi connectivity index (χ1n) is 7.14. The molecule has 1 saturated carbocycles. The average Bonchev–Trinajstić information content (AvgIpc) is 2.39. The van der Waals surface area contributed by atoms with E-state index in [2.05, 4.69) is 19.2 Å². The lowest BCUT2D eigenvalue weighted by molar-refractivity contribution is -0.113. The van der Waals surface area contributed by atoms with Gasteiger partial charge in [-0.25, -0.2) is 4.39 Å². The van der Waals surface area contributed by atoms with Gasteiger partial charge >= 0.3 is 0 Å². The highest BCUT2D eigenvalue weighted by molar-refractivity contribution is 5.17. The fourth-order valence-electron chi connectivity index (χ4n) is 2.80. The Labute approximate surface area is 115 Å². The molecule has 1 aromatic rings. The van der Waals surface area contributed by atoms with E-state index in [-0.39, 0.29) is 11.2 Å². The van der Waals surface area contributed by atoms with Gasteiger partial charge in [0, 0.05) is 18.1 Å². The largest absolute Gasteiger partial charge is 0.378 e. The third-order valence-corrected chi connectivity index (χ3v) is 4.29. The zero-order chi connectivity index (χ0) is 13.9. The van der Waals surface area contributed by atoms with Crippen LogP contribution in [0.2, 0.25) is 0 Å². The number of ether oxygens (including phenoxy) is 1. The van der Waals surface area contributed by atoms with Gasteiger partial charge in [0.25, 0.3) is 0 Å². The summed E-state index contributed by atoms with van der Waals surface area (Å²) in [5, 5.41) is 3.53. The zero-order valence-corrected chi connectivity index (χ0v) is 12.1. The van der Waals surface area contributed by atoms with E-state index < -0.39 is 0 Å². The van der Waals surface area contributed by atoms with Crippen molar-refractivity contribution in [3.8, 4) is 0 Å². The minimum atomic E-state index is -0.107. The Kier molecular flexibility index (Phi) is 4.58. The lowest BCUT2D eigenvalue weighted by Crippen LogP contribution is -2.61. The van der Waals surface area contributed by atoms with Gasteiger partial charge in [0.1, 0.15) is 5.82 Å². The van der Waals surface area contributed by atoms with E-state index in [1.165, 1.54) is 6.07 Å². The smallest absolute Gasteiger partial charge is 0.126 e. The van der Waals surface area contributed by atoms with E-state index in [4.69, 9.17) is 4.74 Å². The first-order chi connectivity index (χ1) is 9.05. The fourth-order valence-corrected chi connectivity index (χ4v) is 2.80. The first kappa shape index (κ1) is 14.5. The summed E-state index contributed by atoms with van der Waals surface area (Å²) in [7, 11) is 0. The van der Waals surface area contributed by atoms with Crippen LogP contribution in [0.1, 0.15) is 32.8 Å². The molecule has 0 spiro atoms. The van der Waals surface area contributed by atoms with Crippen LogP contribution in [0, 0.1) is 11.2 Å². The van der Waals surface area contributed by atoms with Gasteiger partial charge in [-0.05, 0) is 37.9 Å². The third-order valence-electron chi connectivity index (χ3n) is 4.29. The number of hydrogen-bond acceptors (Lipinski definition) is 2. The van der Waals surface area contributed by atoms with Crippen LogP contribution in [0.5, 0.6) is 0 Å². The van der Waals surface area contributed by atoms with Crippen molar-refractivity contribution in [2.45, 2.75) is 45.8 Å². The number of hydrogen-bond donors (Lipinski definition) is 1. The molecule has 0 saturated heterocycles.